The van der Waals surface area contributed by atoms with E-state index in [9.17, 15) is 4.79 Å². The summed E-state index contributed by atoms with van der Waals surface area (Å²) in [4.78, 5) is 12.4. The van der Waals surface area contributed by atoms with Crippen molar-refractivity contribution in [1.82, 2.24) is 5.32 Å². The van der Waals surface area contributed by atoms with Crippen LogP contribution in [0.25, 0.3) is 0 Å². The molecule has 0 unspecified atom stereocenters. The van der Waals surface area contributed by atoms with E-state index in [0.717, 1.165) is 11.3 Å². The molecule has 0 bridgehead atoms. The number of hydrogen-bond acceptors (Lipinski definition) is 3. The van der Waals surface area contributed by atoms with Crippen LogP contribution < -0.4 is 10.1 Å². The number of rotatable bonds is 8. The average Bonchev–Trinajstić information content (AvgIpc) is 2.72. The molecule has 3 rings (SSSR count). The Bertz CT molecular complexity index is 814. The van der Waals surface area contributed by atoms with Crippen molar-refractivity contribution in [2.75, 3.05) is 6.54 Å². The zero-order chi connectivity index (χ0) is 18.2. The van der Waals surface area contributed by atoms with Crippen LogP contribution in [0.1, 0.15) is 34.5 Å². The van der Waals surface area contributed by atoms with Crippen LogP contribution >= 0.6 is 0 Å². The van der Waals surface area contributed by atoms with Gasteiger partial charge in [0.2, 0.25) is 0 Å². The second-order valence-corrected chi connectivity index (χ2v) is 6.24. The van der Waals surface area contributed by atoms with Gasteiger partial charge in [-0.2, -0.15) is 0 Å². The smallest absolute Gasteiger partial charge is 0.176 e. The van der Waals surface area contributed by atoms with Gasteiger partial charge in [0, 0.05) is 11.6 Å². The molecule has 0 aliphatic carbocycles. The van der Waals surface area contributed by atoms with E-state index in [-0.39, 0.29) is 11.8 Å². The van der Waals surface area contributed by atoms with Gasteiger partial charge in [0.25, 0.3) is 0 Å². The van der Waals surface area contributed by atoms with E-state index < -0.39 is 0 Å². The molecule has 3 nitrogen and oxygen atoms in total. The van der Waals surface area contributed by atoms with E-state index in [4.69, 9.17) is 4.74 Å². The molecule has 0 aliphatic rings. The van der Waals surface area contributed by atoms with Crippen LogP contribution in [-0.2, 0) is 6.61 Å². The molecule has 26 heavy (non-hydrogen) atoms. The van der Waals surface area contributed by atoms with Gasteiger partial charge in [-0.05, 0) is 42.3 Å². The lowest BCUT2D eigenvalue weighted by atomic mass is 10.1. The fourth-order valence-electron chi connectivity index (χ4n) is 2.69. The molecule has 0 spiro atoms. The summed E-state index contributed by atoms with van der Waals surface area (Å²) in [7, 11) is 0. The molecular formula is C23H23NO2. The molecule has 3 heteroatoms. The number of hydrogen-bond donors (Lipinski definition) is 1. The lowest BCUT2D eigenvalue weighted by molar-refractivity contribution is 0.0988. The van der Waals surface area contributed by atoms with Crippen LogP contribution in [0.4, 0.5) is 0 Å². The third-order valence-electron chi connectivity index (χ3n) is 4.29. The molecule has 1 N–H and O–H groups in total. The largest absolute Gasteiger partial charge is 0.489 e. The molecule has 0 heterocycles. The van der Waals surface area contributed by atoms with Gasteiger partial charge < -0.3 is 10.1 Å². The number of benzene rings is 3. The summed E-state index contributed by atoms with van der Waals surface area (Å²) in [5.74, 6) is 0.832. The van der Waals surface area contributed by atoms with E-state index in [1.165, 1.54) is 5.56 Å². The van der Waals surface area contributed by atoms with Crippen molar-refractivity contribution in [3.8, 4) is 5.75 Å². The van der Waals surface area contributed by atoms with Gasteiger partial charge in [0.15, 0.2) is 5.78 Å². The third kappa shape index (κ3) is 5.04. The molecule has 3 aromatic carbocycles. The summed E-state index contributed by atoms with van der Waals surface area (Å²) >= 11 is 0. The average molecular weight is 345 g/mol. The number of carbonyl (C=O) groups excluding carboxylic acids is 1. The Kier molecular flexibility index (Phi) is 6.18. The lowest BCUT2D eigenvalue weighted by Gasteiger charge is -2.13. The van der Waals surface area contributed by atoms with Crippen LogP contribution in [-0.4, -0.2) is 12.3 Å². The van der Waals surface area contributed by atoms with Gasteiger partial charge in [0.05, 0.1) is 6.54 Å². The van der Waals surface area contributed by atoms with Crippen molar-refractivity contribution in [3.63, 3.8) is 0 Å². The number of carbonyl (C=O) groups is 1. The molecule has 3 aromatic rings. The van der Waals surface area contributed by atoms with E-state index in [1.54, 1.807) is 0 Å². The minimum Gasteiger partial charge on any atom is -0.489 e. The maximum absolute atomic E-state index is 12.4. The van der Waals surface area contributed by atoms with Gasteiger partial charge >= 0.3 is 0 Å². The van der Waals surface area contributed by atoms with E-state index in [1.807, 2.05) is 72.8 Å². The van der Waals surface area contributed by atoms with Crippen LogP contribution in [0.15, 0.2) is 84.9 Å². The molecule has 0 aromatic heterocycles. The van der Waals surface area contributed by atoms with Crippen molar-refractivity contribution < 1.29 is 9.53 Å². The predicted molar refractivity (Wildman–Crippen MR) is 104 cm³/mol. The topological polar surface area (TPSA) is 38.3 Å². The summed E-state index contributed by atoms with van der Waals surface area (Å²) < 4.78 is 5.76. The standard InChI is InChI=1S/C23H23NO2/c1-18(20-10-6-3-7-11-20)24-16-23(25)21-12-14-22(15-13-21)26-17-19-8-4-2-5-9-19/h2-15,18,24H,16-17H2,1H3/t18-/m1/s1. The zero-order valence-electron chi connectivity index (χ0n) is 14.9. The number of ether oxygens (including phenoxy) is 1. The van der Waals surface area contributed by atoms with Crippen LogP contribution in [0.3, 0.4) is 0 Å². The van der Waals surface area contributed by atoms with Crippen molar-refractivity contribution in [3.05, 3.63) is 102 Å². The molecule has 1 atom stereocenters. The van der Waals surface area contributed by atoms with Crippen LogP contribution in [0.2, 0.25) is 0 Å². The summed E-state index contributed by atoms with van der Waals surface area (Å²) in [6.45, 7) is 2.88. The first-order chi connectivity index (χ1) is 12.7. The molecule has 0 fully saturated rings. The highest BCUT2D eigenvalue weighted by Crippen LogP contribution is 2.15. The monoisotopic (exact) mass is 345 g/mol. The highest BCUT2D eigenvalue weighted by atomic mass is 16.5. The second-order valence-electron chi connectivity index (χ2n) is 6.24. The van der Waals surface area contributed by atoms with Gasteiger partial charge in [-0.25, -0.2) is 0 Å². The van der Waals surface area contributed by atoms with Crippen molar-refractivity contribution in [2.24, 2.45) is 0 Å². The summed E-state index contributed by atoms with van der Waals surface area (Å²) in [6, 6.07) is 27.6. The van der Waals surface area contributed by atoms with E-state index >= 15 is 0 Å². The molecule has 0 radical (unpaired) electrons. The Hall–Kier alpha value is -2.91. The zero-order valence-corrected chi connectivity index (χ0v) is 14.9. The van der Waals surface area contributed by atoms with E-state index in [2.05, 4.69) is 24.4 Å². The fourth-order valence-corrected chi connectivity index (χ4v) is 2.69. The summed E-state index contributed by atoms with van der Waals surface area (Å²) in [5, 5.41) is 3.28. The van der Waals surface area contributed by atoms with Crippen molar-refractivity contribution >= 4 is 5.78 Å². The highest BCUT2D eigenvalue weighted by molar-refractivity contribution is 5.97. The maximum Gasteiger partial charge on any atom is 0.176 e. The van der Waals surface area contributed by atoms with Gasteiger partial charge in [-0.3, -0.25) is 4.79 Å². The highest BCUT2D eigenvalue weighted by Gasteiger charge is 2.09. The summed E-state index contributed by atoms with van der Waals surface area (Å²) in [5.41, 5.74) is 2.97. The second kappa shape index (κ2) is 8.97. The maximum atomic E-state index is 12.4. The predicted octanol–water partition coefficient (Wildman–Crippen LogP) is 4.80. The minimum absolute atomic E-state index is 0.0717. The van der Waals surface area contributed by atoms with Crippen LogP contribution in [0, 0.1) is 0 Å². The molecule has 0 aliphatic heterocycles. The van der Waals surface area contributed by atoms with Crippen molar-refractivity contribution in [2.45, 2.75) is 19.6 Å². The Morgan fingerprint density at radius 1 is 0.885 bits per heavy atom. The van der Waals surface area contributed by atoms with Crippen LogP contribution in [0.5, 0.6) is 5.75 Å². The first kappa shape index (κ1) is 17.9. The normalized spacial score (nSPS) is 11.7. The minimum atomic E-state index is 0.0717. The Morgan fingerprint density at radius 2 is 1.50 bits per heavy atom. The molecule has 132 valence electrons. The van der Waals surface area contributed by atoms with Gasteiger partial charge in [-0.1, -0.05) is 60.7 Å². The molecule has 0 saturated carbocycles. The number of ketones is 1. The quantitative estimate of drug-likeness (QED) is 0.596. The first-order valence-corrected chi connectivity index (χ1v) is 8.81. The summed E-state index contributed by atoms with van der Waals surface area (Å²) in [6.07, 6.45) is 0. The molecule has 0 saturated heterocycles. The van der Waals surface area contributed by atoms with Gasteiger partial charge in [0.1, 0.15) is 12.4 Å². The fraction of sp³-hybridized carbons (Fsp3) is 0.174. The third-order valence-corrected chi connectivity index (χ3v) is 4.29. The molecular weight excluding hydrogens is 322 g/mol. The number of nitrogens with one attached hydrogen (secondary N) is 1. The lowest BCUT2D eigenvalue weighted by Crippen LogP contribution is -2.26. The first-order valence-electron chi connectivity index (χ1n) is 8.81. The Balaban J connectivity index is 1.50. The molecule has 0 amide bonds. The van der Waals surface area contributed by atoms with Gasteiger partial charge in [-0.15, -0.1) is 0 Å². The van der Waals surface area contributed by atoms with Crippen molar-refractivity contribution in [1.29, 1.82) is 0 Å². The Morgan fingerprint density at radius 3 is 2.15 bits per heavy atom. The van der Waals surface area contributed by atoms with E-state index in [0.29, 0.717) is 18.7 Å². The number of Topliss-reactive ketones (excluding diaryl/α,β-unsaturated/α-hetero) is 1. The Labute approximate surface area is 154 Å². The SMILES string of the molecule is C[C@@H](NCC(=O)c1ccc(OCc2ccccc2)cc1)c1ccccc1.